The van der Waals surface area contributed by atoms with E-state index in [-0.39, 0.29) is 32.0 Å². The van der Waals surface area contributed by atoms with Gasteiger partial charge in [-0.05, 0) is 47.7 Å². The van der Waals surface area contributed by atoms with Crippen LogP contribution in [0.5, 0.6) is 0 Å². The Labute approximate surface area is 243 Å². The van der Waals surface area contributed by atoms with Crippen LogP contribution in [0.15, 0.2) is 78.9 Å². The van der Waals surface area contributed by atoms with E-state index in [0.717, 1.165) is 27.5 Å². The second-order valence-electron chi connectivity index (χ2n) is 10.2. The van der Waals surface area contributed by atoms with Gasteiger partial charge in [-0.2, -0.15) is 9.57 Å². The van der Waals surface area contributed by atoms with Crippen molar-refractivity contribution in [1.82, 2.24) is 8.77 Å². The number of hydrogen-bond acceptors (Lipinski definition) is 7. The Balaban J connectivity index is 1.67. The van der Waals surface area contributed by atoms with Gasteiger partial charge in [0.05, 0.1) is 36.8 Å². The summed E-state index contributed by atoms with van der Waals surface area (Å²) in [6.45, 7) is 2.69. The molecule has 1 unspecified atom stereocenters. The molecule has 0 aromatic heterocycles. The summed E-state index contributed by atoms with van der Waals surface area (Å²) < 4.78 is 55.0. The highest BCUT2D eigenvalue weighted by Gasteiger charge is 2.35. The molecule has 0 bridgehead atoms. The normalized spacial score (nSPS) is 16.2. The van der Waals surface area contributed by atoms with E-state index in [1.54, 1.807) is 16.4 Å². The van der Waals surface area contributed by atoms with Crippen LogP contribution in [-0.2, 0) is 44.5 Å². The average molecular weight is 597 g/mol. The minimum absolute atomic E-state index is 0.0146. The molecule has 0 amide bonds. The lowest BCUT2D eigenvalue weighted by Gasteiger charge is -2.33. The fourth-order valence-corrected chi connectivity index (χ4v) is 7.38. The minimum Gasteiger partial charge on any atom is -0.368 e. The molecule has 0 aliphatic carbocycles. The molecule has 0 N–H and O–H groups in total. The Morgan fingerprint density at radius 2 is 1.63 bits per heavy atom. The van der Waals surface area contributed by atoms with Crippen LogP contribution in [-0.4, -0.2) is 63.3 Å². The fourth-order valence-electron chi connectivity index (χ4n) is 5.05. The van der Waals surface area contributed by atoms with Gasteiger partial charge in [-0.15, -0.1) is 0 Å². The van der Waals surface area contributed by atoms with Crippen molar-refractivity contribution in [1.29, 1.82) is 5.26 Å². The zero-order valence-electron chi connectivity index (χ0n) is 23.4. The van der Waals surface area contributed by atoms with Crippen LogP contribution in [0.4, 0.5) is 5.69 Å². The first kappa shape index (κ1) is 30.7. The van der Waals surface area contributed by atoms with Crippen LogP contribution in [0.25, 0.3) is 0 Å². The van der Waals surface area contributed by atoms with Crippen molar-refractivity contribution in [3.05, 3.63) is 101 Å². The van der Waals surface area contributed by atoms with Gasteiger partial charge < -0.3 is 4.90 Å². The minimum atomic E-state index is -3.70. The molecular formula is C30H36N4O5S2. The van der Waals surface area contributed by atoms with Crippen molar-refractivity contribution >= 4 is 25.7 Å². The lowest BCUT2D eigenvalue weighted by atomic mass is 10.1. The summed E-state index contributed by atoms with van der Waals surface area (Å²) >= 11 is 0. The highest BCUT2D eigenvalue weighted by atomic mass is 32.2. The topological polar surface area (TPSA) is 111 Å². The van der Waals surface area contributed by atoms with E-state index in [1.165, 1.54) is 0 Å². The number of hydrogen-bond donors (Lipinski definition) is 0. The van der Waals surface area contributed by atoms with Gasteiger partial charge in [0.1, 0.15) is 0 Å². The molecule has 1 aliphatic rings. The van der Waals surface area contributed by atoms with E-state index in [1.807, 2.05) is 78.6 Å². The fraction of sp³-hybridized carbons (Fsp3) is 0.367. The number of sulfonamides is 2. The SMILES string of the molecule is CCCS(=O)(=O)N1Cc2cc(C#N)ccc2N(CCN(OCc2ccccc2)S(C)(=O)=O)CC1Cc1ccccc1. The lowest BCUT2D eigenvalue weighted by Crippen LogP contribution is -2.48. The third kappa shape index (κ3) is 8.15. The molecular weight excluding hydrogens is 560 g/mol. The molecule has 9 nitrogen and oxygen atoms in total. The Hall–Kier alpha value is -3.27. The number of anilines is 1. The molecule has 1 atom stereocenters. The highest BCUT2D eigenvalue weighted by Crippen LogP contribution is 2.31. The molecule has 218 valence electrons. The first-order chi connectivity index (χ1) is 19.6. The van der Waals surface area contributed by atoms with Crippen molar-refractivity contribution in [2.45, 2.75) is 39.0 Å². The molecule has 0 spiro atoms. The van der Waals surface area contributed by atoms with Crippen molar-refractivity contribution in [2.75, 3.05) is 36.5 Å². The summed E-state index contributed by atoms with van der Waals surface area (Å²) in [7, 11) is -7.31. The van der Waals surface area contributed by atoms with Crippen LogP contribution >= 0.6 is 0 Å². The molecule has 3 aromatic rings. The number of nitriles is 1. The summed E-state index contributed by atoms with van der Waals surface area (Å²) in [5, 5.41) is 9.57. The standard InChI is InChI=1S/C30H36N4O5S2/c1-3-18-41(37,38)33-22-28-19-27(21-31)14-15-30(28)32(23-29(33)20-25-10-6-4-7-11-25)16-17-34(40(2,35)36)39-24-26-12-8-5-9-13-26/h4-15,19,29H,3,16-18,20,22-24H2,1-2H3. The van der Waals surface area contributed by atoms with Gasteiger partial charge in [0.15, 0.2) is 0 Å². The smallest absolute Gasteiger partial charge is 0.233 e. The third-order valence-electron chi connectivity index (χ3n) is 6.99. The van der Waals surface area contributed by atoms with Crippen LogP contribution in [0.3, 0.4) is 0 Å². The van der Waals surface area contributed by atoms with Crippen LogP contribution in [0.2, 0.25) is 0 Å². The first-order valence-electron chi connectivity index (χ1n) is 13.6. The largest absolute Gasteiger partial charge is 0.368 e. The molecule has 11 heteroatoms. The van der Waals surface area contributed by atoms with Gasteiger partial charge in [-0.25, -0.2) is 16.8 Å². The predicted octanol–water partition coefficient (Wildman–Crippen LogP) is 3.92. The summed E-state index contributed by atoms with van der Waals surface area (Å²) in [6, 6.07) is 26.0. The van der Waals surface area contributed by atoms with Crippen LogP contribution in [0, 0.1) is 11.3 Å². The molecule has 3 aromatic carbocycles. The molecule has 4 rings (SSSR count). The Morgan fingerprint density at radius 1 is 0.976 bits per heavy atom. The summed E-state index contributed by atoms with van der Waals surface area (Å²) in [5.41, 5.74) is 3.75. The number of benzene rings is 3. The van der Waals surface area contributed by atoms with E-state index >= 15 is 0 Å². The average Bonchev–Trinajstić information content (AvgIpc) is 3.10. The number of fused-ring (bicyclic) bond motifs is 1. The van der Waals surface area contributed by atoms with E-state index in [2.05, 4.69) is 6.07 Å². The van der Waals surface area contributed by atoms with Gasteiger partial charge >= 0.3 is 0 Å². The van der Waals surface area contributed by atoms with Gasteiger partial charge in [0.2, 0.25) is 20.0 Å². The van der Waals surface area contributed by atoms with Gasteiger partial charge in [0, 0.05) is 31.4 Å². The first-order valence-corrected chi connectivity index (χ1v) is 17.0. The van der Waals surface area contributed by atoms with Crippen molar-refractivity contribution in [3.63, 3.8) is 0 Å². The van der Waals surface area contributed by atoms with E-state index in [0.29, 0.717) is 30.5 Å². The molecule has 1 aliphatic heterocycles. The summed E-state index contributed by atoms with van der Waals surface area (Å²) in [5.74, 6) is 0.0146. The molecule has 1 heterocycles. The third-order valence-corrected chi connectivity index (χ3v) is 10.1. The van der Waals surface area contributed by atoms with E-state index in [4.69, 9.17) is 4.84 Å². The zero-order valence-corrected chi connectivity index (χ0v) is 25.0. The summed E-state index contributed by atoms with van der Waals surface area (Å²) in [4.78, 5) is 7.75. The Morgan fingerprint density at radius 3 is 2.24 bits per heavy atom. The second-order valence-corrected chi connectivity index (χ2v) is 14.1. The van der Waals surface area contributed by atoms with E-state index < -0.39 is 26.1 Å². The molecule has 0 saturated heterocycles. The highest BCUT2D eigenvalue weighted by molar-refractivity contribution is 7.89. The molecule has 41 heavy (non-hydrogen) atoms. The number of hydroxylamine groups is 1. The van der Waals surface area contributed by atoms with Gasteiger partial charge in [0.25, 0.3) is 0 Å². The van der Waals surface area contributed by atoms with Crippen LogP contribution < -0.4 is 4.90 Å². The number of nitrogens with zero attached hydrogens (tertiary/aromatic N) is 4. The zero-order chi connectivity index (χ0) is 29.5. The maximum Gasteiger partial charge on any atom is 0.233 e. The molecule has 0 saturated carbocycles. The molecule has 0 radical (unpaired) electrons. The maximum absolute atomic E-state index is 13.6. The maximum atomic E-state index is 13.6. The van der Waals surface area contributed by atoms with Crippen molar-refractivity contribution in [3.8, 4) is 6.07 Å². The predicted molar refractivity (Wildman–Crippen MR) is 160 cm³/mol. The Kier molecular flexibility index (Phi) is 10.2. The summed E-state index contributed by atoms with van der Waals surface area (Å²) in [6.07, 6.45) is 2.07. The molecule has 0 fully saturated rings. The van der Waals surface area contributed by atoms with Crippen molar-refractivity contribution in [2.24, 2.45) is 0 Å². The number of rotatable bonds is 12. The van der Waals surface area contributed by atoms with Gasteiger partial charge in [-0.3, -0.25) is 4.84 Å². The van der Waals surface area contributed by atoms with Gasteiger partial charge in [-0.1, -0.05) is 72.1 Å². The quantitative estimate of drug-likeness (QED) is 0.292. The monoisotopic (exact) mass is 596 g/mol. The van der Waals surface area contributed by atoms with E-state index in [9.17, 15) is 22.1 Å². The van der Waals surface area contributed by atoms with Crippen LogP contribution in [0.1, 0.15) is 35.6 Å². The second kappa shape index (κ2) is 13.6. The Bertz CT molecular complexity index is 1560. The lowest BCUT2D eigenvalue weighted by molar-refractivity contribution is -0.0936. The van der Waals surface area contributed by atoms with Crippen molar-refractivity contribution < 1.29 is 21.7 Å².